The summed E-state index contributed by atoms with van der Waals surface area (Å²) in [6, 6.07) is 6.41. The first-order valence-electron chi connectivity index (χ1n) is 6.28. The molecule has 102 valence electrons. The fourth-order valence-corrected chi connectivity index (χ4v) is 3.02. The second-order valence-electron chi connectivity index (χ2n) is 5.81. The molecule has 0 amide bonds. The van der Waals surface area contributed by atoms with Crippen molar-refractivity contribution in [3.05, 3.63) is 40.0 Å². The van der Waals surface area contributed by atoms with Crippen molar-refractivity contribution in [1.29, 1.82) is 0 Å². The molecule has 0 saturated heterocycles. The van der Waals surface area contributed by atoms with Crippen LogP contribution in [0.15, 0.2) is 24.3 Å². The quantitative estimate of drug-likeness (QED) is 0.889. The van der Waals surface area contributed by atoms with Crippen molar-refractivity contribution in [2.75, 3.05) is 0 Å². The van der Waals surface area contributed by atoms with Gasteiger partial charge in [0.25, 0.3) is 0 Å². The molecular weight excluding hydrogens is 259 g/mol. The molecule has 4 heteroatoms. The molecular formula is C15H19FN2S. The maximum Gasteiger partial charge on any atom is 0.123 e. The Balaban J connectivity index is 2.42. The van der Waals surface area contributed by atoms with E-state index in [1.807, 2.05) is 13.0 Å². The second-order valence-corrected chi connectivity index (χ2v) is 7.05. The standard InChI is InChI=1S/C15H19FN2S/c1-9-12(10-6-5-7-11(16)8-10)18-14(19-9)13(17)15(2,3)4/h5-8,13H,17H2,1-4H3. The lowest BCUT2D eigenvalue weighted by atomic mass is 9.88. The Morgan fingerprint density at radius 1 is 1.32 bits per heavy atom. The molecule has 2 rings (SSSR count). The van der Waals surface area contributed by atoms with E-state index >= 15 is 0 Å². The number of hydrogen-bond donors (Lipinski definition) is 1. The summed E-state index contributed by atoms with van der Waals surface area (Å²) >= 11 is 1.59. The van der Waals surface area contributed by atoms with Crippen LogP contribution in [0.5, 0.6) is 0 Å². The van der Waals surface area contributed by atoms with E-state index in [0.29, 0.717) is 0 Å². The Labute approximate surface area is 117 Å². The fraction of sp³-hybridized carbons (Fsp3) is 0.400. The van der Waals surface area contributed by atoms with E-state index in [1.165, 1.54) is 12.1 Å². The Hall–Kier alpha value is -1.26. The molecule has 0 spiro atoms. The second kappa shape index (κ2) is 5.02. The minimum atomic E-state index is -0.244. The van der Waals surface area contributed by atoms with Crippen molar-refractivity contribution in [2.24, 2.45) is 11.1 Å². The molecule has 19 heavy (non-hydrogen) atoms. The van der Waals surface area contributed by atoms with Crippen LogP contribution in [0.25, 0.3) is 11.3 Å². The van der Waals surface area contributed by atoms with E-state index in [4.69, 9.17) is 5.73 Å². The number of nitrogens with two attached hydrogens (primary N) is 1. The van der Waals surface area contributed by atoms with Crippen LogP contribution in [-0.2, 0) is 0 Å². The zero-order valence-electron chi connectivity index (χ0n) is 11.7. The van der Waals surface area contributed by atoms with Crippen molar-refractivity contribution in [2.45, 2.75) is 33.7 Å². The minimum absolute atomic E-state index is 0.0382. The van der Waals surface area contributed by atoms with Gasteiger partial charge in [0.2, 0.25) is 0 Å². The van der Waals surface area contributed by atoms with Crippen molar-refractivity contribution >= 4 is 11.3 Å². The minimum Gasteiger partial charge on any atom is -0.322 e. The van der Waals surface area contributed by atoms with Gasteiger partial charge in [-0.25, -0.2) is 9.37 Å². The first-order chi connectivity index (χ1) is 8.79. The fourth-order valence-electron chi connectivity index (χ4n) is 1.82. The average molecular weight is 278 g/mol. The molecule has 1 aromatic carbocycles. The number of thiazole rings is 1. The molecule has 2 nitrogen and oxygen atoms in total. The van der Waals surface area contributed by atoms with E-state index in [-0.39, 0.29) is 17.3 Å². The van der Waals surface area contributed by atoms with Gasteiger partial charge in [0, 0.05) is 10.4 Å². The van der Waals surface area contributed by atoms with Crippen LogP contribution < -0.4 is 5.73 Å². The largest absolute Gasteiger partial charge is 0.322 e. The molecule has 1 atom stereocenters. The van der Waals surface area contributed by atoms with Crippen molar-refractivity contribution < 1.29 is 4.39 Å². The number of rotatable bonds is 2. The normalized spacial score (nSPS) is 13.6. The lowest BCUT2D eigenvalue weighted by molar-refractivity contribution is 0.326. The van der Waals surface area contributed by atoms with E-state index in [9.17, 15) is 4.39 Å². The lowest BCUT2D eigenvalue weighted by Gasteiger charge is -2.24. The number of aromatic nitrogens is 1. The van der Waals surface area contributed by atoms with E-state index in [2.05, 4.69) is 25.8 Å². The van der Waals surface area contributed by atoms with E-state index < -0.39 is 0 Å². The van der Waals surface area contributed by atoms with Gasteiger partial charge in [-0.1, -0.05) is 32.9 Å². The van der Waals surface area contributed by atoms with Crippen LogP contribution in [0.2, 0.25) is 0 Å². The third-order valence-corrected chi connectivity index (χ3v) is 4.16. The summed E-state index contributed by atoms with van der Waals surface area (Å²) in [4.78, 5) is 5.68. The van der Waals surface area contributed by atoms with Gasteiger partial charge >= 0.3 is 0 Å². The first-order valence-corrected chi connectivity index (χ1v) is 7.09. The van der Waals surface area contributed by atoms with Crippen LogP contribution in [0.1, 0.15) is 36.7 Å². The summed E-state index contributed by atoms with van der Waals surface area (Å²) in [7, 11) is 0. The Bertz CT molecular complexity index is 584. The molecule has 0 saturated carbocycles. The van der Waals surface area contributed by atoms with Crippen LogP contribution in [0.3, 0.4) is 0 Å². The summed E-state index contributed by atoms with van der Waals surface area (Å²) in [6.07, 6.45) is 0. The molecule has 0 aliphatic heterocycles. The summed E-state index contributed by atoms with van der Waals surface area (Å²) in [6.45, 7) is 8.28. The SMILES string of the molecule is Cc1sc(C(N)C(C)(C)C)nc1-c1cccc(F)c1. The van der Waals surface area contributed by atoms with Crippen LogP contribution in [0.4, 0.5) is 4.39 Å². The Morgan fingerprint density at radius 3 is 2.58 bits per heavy atom. The molecule has 2 aromatic rings. The Morgan fingerprint density at radius 2 is 2.00 bits per heavy atom. The van der Waals surface area contributed by atoms with Crippen molar-refractivity contribution in [3.8, 4) is 11.3 Å². The maximum atomic E-state index is 13.3. The van der Waals surface area contributed by atoms with Crippen LogP contribution in [0, 0.1) is 18.2 Å². The molecule has 0 aliphatic carbocycles. The maximum absolute atomic E-state index is 13.3. The van der Waals surface area contributed by atoms with E-state index in [0.717, 1.165) is 21.1 Å². The lowest BCUT2D eigenvalue weighted by Crippen LogP contribution is -2.26. The predicted octanol–water partition coefficient (Wildman–Crippen LogP) is 4.30. The molecule has 1 heterocycles. The van der Waals surface area contributed by atoms with E-state index in [1.54, 1.807) is 17.4 Å². The summed E-state index contributed by atoms with van der Waals surface area (Å²) in [5.41, 5.74) is 7.84. The van der Waals surface area contributed by atoms with Crippen LogP contribution >= 0.6 is 11.3 Å². The molecule has 0 fully saturated rings. The zero-order valence-corrected chi connectivity index (χ0v) is 12.5. The Kier molecular flexibility index (Phi) is 3.74. The third kappa shape index (κ3) is 3.01. The number of benzene rings is 1. The topological polar surface area (TPSA) is 38.9 Å². The van der Waals surface area contributed by atoms with Gasteiger partial charge in [0.15, 0.2) is 0 Å². The first kappa shape index (κ1) is 14.2. The van der Waals surface area contributed by atoms with Gasteiger partial charge in [0.05, 0.1) is 11.7 Å². The van der Waals surface area contributed by atoms with Crippen molar-refractivity contribution in [3.63, 3.8) is 0 Å². The summed E-state index contributed by atoms with van der Waals surface area (Å²) in [5.74, 6) is -0.244. The van der Waals surface area contributed by atoms with Gasteiger partial charge < -0.3 is 5.73 Å². The number of nitrogens with zero attached hydrogens (tertiary/aromatic N) is 1. The number of aryl methyl sites for hydroxylation is 1. The summed E-state index contributed by atoms with van der Waals surface area (Å²) in [5, 5.41) is 0.907. The van der Waals surface area contributed by atoms with Gasteiger partial charge in [-0.2, -0.15) is 0 Å². The molecule has 0 bridgehead atoms. The molecule has 0 radical (unpaired) electrons. The average Bonchev–Trinajstić information content (AvgIpc) is 2.69. The highest BCUT2D eigenvalue weighted by atomic mass is 32.1. The smallest absolute Gasteiger partial charge is 0.123 e. The number of halogens is 1. The molecule has 1 aromatic heterocycles. The highest BCUT2D eigenvalue weighted by Crippen LogP contribution is 2.36. The highest BCUT2D eigenvalue weighted by molar-refractivity contribution is 7.12. The van der Waals surface area contributed by atoms with Gasteiger partial charge in [-0.3, -0.25) is 0 Å². The zero-order chi connectivity index (χ0) is 14.2. The van der Waals surface area contributed by atoms with Gasteiger partial charge in [0.1, 0.15) is 10.8 Å². The predicted molar refractivity (Wildman–Crippen MR) is 78.6 cm³/mol. The monoisotopic (exact) mass is 278 g/mol. The molecule has 0 aliphatic rings. The third-order valence-electron chi connectivity index (χ3n) is 3.11. The van der Waals surface area contributed by atoms with Crippen molar-refractivity contribution in [1.82, 2.24) is 4.98 Å². The summed E-state index contributed by atoms with van der Waals surface area (Å²) < 4.78 is 13.3. The van der Waals surface area contributed by atoms with Gasteiger partial charge in [-0.15, -0.1) is 11.3 Å². The highest BCUT2D eigenvalue weighted by Gasteiger charge is 2.26. The molecule has 2 N–H and O–H groups in total. The number of hydrogen-bond acceptors (Lipinski definition) is 3. The van der Waals surface area contributed by atoms with Crippen LogP contribution in [-0.4, -0.2) is 4.98 Å². The van der Waals surface area contributed by atoms with Gasteiger partial charge in [-0.05, 0) is 24.5 Å². The molecule has 1 unspecified atom stereocenters.